The van der Waals surface area contributed by atoms with Crippen molar-refractivity contribution in [2.75, 3.05) is 13.1 Å². The van der Waals surface area contributed by atoms with E-state index in [0.29, 0.717) is 0 Å². The first-order valence-electron chi connectivity index (χ1n) is 10.3. The molecule has 0 aliphatic carbocycles. The third-order valence-corrected chi connectivity index (χ3v) is 6.00. The van der Waals surface area contributed by atoms with E-state index in [-0.39, 0.29) is 5.92 Å². The summed E-state index contributed by atoms with van der Waals surface area (Å²) < 4.78 is 0. The summed E-state index contributed by atoms with van der Waals surface area (Å²) in [5, 5.41) is 9.95. The van der Waals surface area contributed by atoms with Gasteiger partial charge in [0.05, 0.1) is 5.92 Å². The summed E-state index contributed by atoms with van der Waals surface area (Å²) in [6.45, 7) is 2.84. The van der Waals surface area contributed by atoms with Crippen molar-refractivity contribution < 1.29 is 9.90 Å². The third-order valence-electron chi connectivity index (χ3n) is 6.00. The summed E-state index contributed by atoms with van der Waals surface area (Å²) in [5.41, 5.74) is 4.51. The van der Waals surface area contributed by atoms with E-state index in [1.54, 1.807) is 0 Å². The maximum Gasteiger partial charge on any atom is 0.311 e. The number of rotatable bonds is 6. The molecule has 1 heterocycles. The highest BCUT2D eigenvalue weighted by Gasteiger charge is 2.32. The summed E-state index contributed by atoms with van der Waals surface area (Å²) in [5.74, 6) is -0.959. The minimum atomic E-state index is -0.709. The number of benzene rings is 3. The van der Waals surface area contributed by atoms with Gasteiger partial charge >= 0.3 is 5.97 Å². The number of carboxylic acid groups (broad SMARTS) is 1. The Morgan fingerprint density at radius 2 is 1.38 bits per heavy atom. The molecule has 1 N–H and O–H groups in total. The highest BCUT2D eigenvalue weighted by Crippen LogP contribution is 2.34. The lowest BCUT2D eigenvalue weighted by molar-refractivity contribution is -0.140. The second-order valence-electron chi connectivity index (χ2n) is 7.90. The van der Waals surface area contributed by atoms with Crippen molar-refractivity contribution in [2.45, 2.75) is 25.3 Å². The van der Waals surface area contributed by atoms with Crippen molar-refractivity contribution in [3.05, 3.63) is 96.1 Å². The maximum atomic E-state index is 12.1. The summed E-state index contributed by atoms with van der Waals surface area (Å²) >= 11 is 0. The molecule has 1 saturated heterocycles. The van der Waals surface area contributed by atoms with Crippen LogP contribution >= 0.6 is 0 Å². The first-order chi connectivity index (χ1) is 14.2. The van der Waals surface area contributed by atoms with Crippen LogP contribution in [0.15, 0.2) is 84.9 Å². The summed E-state index contributed by atoms with van der Waals surface area (Å²) in [7, 11) is 0. The van der Waals surface area contributed by atoms with Gasteiger partial charge in [-0.15, -0.1) is 0 Å². The van der Waals surface area contributed by atoms with Crippen LogP contribution in [0.5, 0.6) is 0 Å². The molecule has 29 heavy (non-hydrogen) atoms. The molecule has 0 radical (unpaired) electrons. The van der Waals surface area contributed by atoms with E-state index in [0.717, 1.165) is 49.2 Å². The summed E-state index contributed by atoms with van der Waals surface area (Å²) in [4.78, 5) is 14.5. The molecule has 1 atom stereocenters. The molecule has 0 bridgehead atoms. The van der Waals surface area contributed by atoms with Crippen LogP contribution in [0.4, 0.5) is 0 Å². The Labute approximate surface area is 172 Å². The van der Waals surface area contributed by atoms with Gasteiger partial charge in [0.15, 0.2) is 0 Å². The average Bonchev–Trinajstić information content (AvgIpc) is 2.77. The first kappa shape index (κ1) is 19.4. The van der Waals surface area contributed by atoms with E-state index in [1.807, 2.05) is 48.5 Å². The van der Waals surface area contributed by atoms with Crippen LogP contribution in [-0.2, 0) is 11.3 Å². The topological polar surface area (TPSA) is 40.5 Å². The smallest absolute Gasteiger partial charge is 0.311 e. The quantitative estimate of drug-likeness (QED) is 0.615. The zero-order valence-corrected chi connectivity index (χ0v) is 16.6. The lowest BCUT2D eigenvalue weighted by Gasteiger charge is -2.35. The van der Waals surface area contributed by atoms with Gasteiger partial charge in [0.25, 0.3) is 0 Å². The highest BCUT2D eigenvalue weighted by molar-refractivity contribution is 5.77. The Morgan fingerprint density at radius 3 is 1.97 bits per heavy atom. The minimum Gasteiger partial charge on any atom is -0.481 e. The molecule has 1 unspecified atom stereocenters. The molecule has 0 spiro atoms. The van der Waals surface area contributed by atoms with Crippen molar-refractivity contribution >= 4 is 5.97 Å². The lowest BCUT2D eigenvalue weighted by Crippen LogP contribution is -2.36. The minimum absolute atomic E-state index is 0.182. The molecule has 0 aromatic heterocycles. The fraction of sp³-hybridized carbons (Fsp3) is 0.269. The number of hydrogen-bond acceptors (Lipinski definition) is 2. The van der Waals surface area contributed by atoms with E-state index in [1.165, 1.54) is 5.56 Å². The number of carboxylic acids is 1. The van der Waals surface area contributed by atoms with E-state index in [9.17, 15) is 9.90 Å². The third kappa shape index (κ3) is 4.75. The Bertz CT molecular complexity index is 914. The zero-order valence-electron chi connectivity index (χ0n) is 16.6. The molecule has 3 aromatic rings. The zero-order chi connectivity index (χ0) is 20.1. The van der Waals surface area contributed by atoms with Gasteiger partial charge in [-0.25, -0.2) is 0 Å². The fourth-order valence-corrected chi connectivity index (χ4v) is 4.42. The number of aliphatic carboxylic acids is 1. The van der Waals surface area contributed by atoms with Crippen molar-refractivity contribution in [2.24, 2.45) is 5.92 Å². The molecule has 1 fully saturated rings. The number of piperidine rings is 1. The molecule has 1 aliphatic heterocycles. The van der Waals surface area contributed by atoms with Crippen molar-refractivity contribution in [1.29, 1.82) is 0 Å². The van der Waals surface area contributed by atoms with E-state index >= 15 is 0 Å². The molecule has 3 aromatic carbocycles. The Kier molecular flexibility index (Phi) is 6.06. The molecule has 148 valence electrons. The standard InChI is InChI=1S/C26H27NO2/c28-26(29)25(23-13-11-22(12-14-23)21-9-5-2-6-10-21)24-15-17-27(18-16-24)19-20-7-3-1-4-8-20/h1-14,24-25H,15-19H2,(H,28,29). The molecular weight excluding hydrogens is 358 g/mol. The van der Waals surface area contributed by atoms with Crippen molar-refractivity contribution in [3.63, 3.8) is 0 Å². The van der Waals surface area contributed by atoms with Gasteiger partial charge in [0.2, 0.25) is 0 Å². The van der Waals surface area contributed by atoms with Gasteiger partial charge in [0, 0.05) is 6.54 Å². The monoisotopic (exact) mass is 385 g/mol. The predicted molar refractivity (Wildman–Crippen MR) is 117 cm³/mol. The fourth-order valence-electron chi connectivity index (χ4n) is 4.42. The van der Waals surface area contributed by atoms with Crippen LogP contribution in [0.3, 0.4) is 0 Å². The van der Waals surface area contributed by atoms with Gasteiger partial charge in [-0.3, -0.25) is 9.69 Å². The molecule has 4 rings (SSSR count). The average molecular weight is 386 g/mol. The number of nitrogens with zero attached hydrogens (tertiary/aromatic N) is 1. The maximum absolute atomic E-state index is 12.1. The van der Waals surface area contributed by atoms with Crippen LogP contribution in [0.25, 0.3) is 11.1 Å². The van der Waals surface area contributed by atoms with Gasteiger partial charge in [-0.05, 0) is 54.1 Å². The number of hydrogen-bond donors (Lipinski definition) is 1. The lowest BCUT2D eigenvalue weighted by atomic mass is 9.79. The molecule has 3 nitrogen and oxygen atoms in total. The Hall–Kier alpha value is -2.91. The summed E-state index contributed by atoms with van der Waals surface area (Å²) in [6, 6.07) is 28.8. The SMILES string of the molecule is O=C(O)C(c1ccc(-c2ccccc2)cc1)C1CCN(Cc2ccccc2)CC1. The van der Waals surface area contributed by atoms with Crippen LogP contribution in [0.1, 0.15) is 29.9 Å². The van der Waals surface area contributed by atoms with Gasteiger partial charge in [-0.2, -0.15) is 0 Å². The molecule has 0 saturated carbocycles. The van der Waals surface area contributed by atoms with Crippen LogP contribution in [0, 0.1) is 5.92 Å². The molecule has 1 aliphatic rings. The van der Waals surface area contributed by atoms with E-state index < -0.39 is 11.9 Å². The van der Waals surface area contributed by atoms with Gasteiger partial charge < -0.3 is 5.11 Å². The largest absolute Gasteiger partial charge is 0.481 e. The second-order valence-corrected chi connectivity index (χ2v) is 7.90. The predicted octanol–water partition coefficient (Wildman–Crippen LogP) is 5.43. The van der Waals surface area contributed by atoms with Gasteiger partial charge in [-0.1, -0.05) is 84.9 Å². The van der Waals surface area contributed by atoms with E-state index in [4.69, 9.17) is 0 Å². The van der Waals surface area contributed by atoms with Crippen molar-refractivity contribution in [3.8, 4) is 11.1 Å². The van der Waals surface area contributed by atoms with Crippen LogP contribution in [0.2, 0.25) is 0 Å². The number of carbonyl (C=O) groups is 1. The van der Waals surface area contributed by atoms with Gasteiger partial charge in [0.1, 0.15) is 0 Å². The van der Waals surface area contributed by atoms with Crippen LogP contribution < -0.4 is 0 Å². The summed E-state index contributed by atoms with van der Waals surface area (Å²) in [6.07, 6.45) is 1.84. The Morgan fingerprint density at radius 1 is 0.828 bits per heavy atom. The van der Waals surface area contributed by atoms with Crippen molar-refractivity contribution in [1.82, 2.24) is 4.90 Å². The van der Waals surface area contributed by atoms with E-state index in [2.05, 4.69) is 41.3 Å². The number of likely N-dealkylation sites (tertiary alicyclic amines) is 1. The molecular formula is C26H27NO2. The normalized spacial score (nSPS) is 16.4. The highest BCUT2D eigenvalue weighted by atomic mass is 16.4. The molecule has 3 heteroatoms. The molecule has 0 amide bonds. The Balaban J connectivity index is 1.43. The van der Waals surface area contributed by atoms with Crippen LogP contribution in [-0.4, -0.2) is 29.1 Å². The first-order valence-corrected chi connectivity index (χ1v) is 10.3. The second kappa shape index (κ2) is 9.06.